The van der Waals surface area contributed by atoms with Crippen LogP contribution in [0.2, 0.25) is 18.1 Å². The lowest BCUT2D eigenvalue weighted by atomic mass is 10.2. The quantitative estimate of drug-likeness (QED) is 0.680. The van der Waals surface area contributed by atoms with Gasteiger partial charge in [0.2, 0.25) is 0 Å². The second-order valence-corrected chi connectivity index (χ2v) is 11.1. The molecule has 2 N–H and O–H groups in total. The summed E-state index contributed by atoms with van der Waals surface area (Å²) in [6, 6.07) is 9.66. The Morgan fingerprint density at radius 3 is 2.25 bits per heavy atom. The summed E-state index contributed by atoms with van der Waals surface area (Å²) in [7, 11) is -1.72. The minimum absolute atomic E-state index is 0. The second-order valence-electron chi connectivity index (χ2n) is 6.31. The van der Waals surface area contributed by atoms with Crippen LogP contribution in [0.4, 0.5) is 0 Å². The number of halogens is 1. The number of nitrogens with two attached hydrogens (primary N) is 1. The standard InChI is InChI=1S/C16H25NOSi.ClH/c1-16(2,3)19(4,5)18-13-15(17)12-11-14-9-7-6-8-10-14;/h6-10,15H,13,17H2,1-5H3;1H/t15-;/m0./s1. The van der Waals surface area contributed by atoms with Crippen molar-refractivity contribution in [3.63, 3.8) is 0 Å². The Morgan fingerprint density at radius 2 is 1.75 bits per heavy atom. The van der Waals surface area contributed by atoms with Gasteiger partial charge < -0.3 is 10.2 Å². The predicted molar refractivity (Wildman–Crippen MR) is 91.7 cm³/mol. The van der Waals surface area contributed by atoms with Crippen LogP contribution < -0.4 is 5.73 Å². The maximum absolute atomic E-state index is 6.06. The summed E-state index contributed by atoms with van der Waals surface area (Å²) < 4.78 is 6.06. The lowest BCUT2D eigenvalue weighted by molar-refractivity contribution is 0.281. The summed E-state index contributed by atoms with van der Waals surface area (Å²) in [4.78, 5) is 0. The lowest BCUT2D eigenvalue weighted by Gasteiger charge is -2.36. The van der Waals surface area contributed by atoms with Gasteiger partial charge in [0.25, 0.3) is 0 Å². The van der Waals surface area contributed by atoms with E-state index in [4.69, 9.17) is 10.2 Å². The maximum atomic E-state index is 6.06. The molecule has 2 nitrogen and oxygen atoms in total. The number of rotatable bonds is 3. The van der Waals surface area contributed by atoms with E-state index < -0.39 is 8.32 Å². The molecule has 0 fully saturated rings. The first-order valence-electron chi connectivity index (χ1n) is 6.68. The molecule has 0 amide bonds. The molecule has 0 heterocycles. The van der Waals surface area contributed by atoms with E-state index in [1.165, 1.54) is 0 Å². The summed E-state index contributed by atoms with van der Waals surface area (Å²) in [5.74, 6) is 6.13. The Bertz CT molecular complexity index is 457. The van der Waals surface area contributed by atoms with Crippen molar-refractivity contribution in [2.45, 2.75) is 44.9 Å². The molecule has 112 valence electrons. The van der Waals surface area contributed by atoms with Gasteiger partial charge in [0.05, 0.1) is 12.6 Å². The molecular weight excluding hydrogens is 286 g/mol. The zero-order valence-corrected chi connectivity index (χ0v) is 14.9. The molecule has 4 heteroatoms. The van der Waals surface area contributed by atoms with E-state index in [1.54, 1.807) is 0 Å². The summed E-state index contributed by atoms with van der Waals surface area (Å²) in [6.07, 6.45) is 0. The molecule has 1 atom stereocenters. The van der Waals surface area contributed by atoms with Crippen molar-refractivity contribution in [1.82, 2.24) is 0 Å². The molecular formula is C16H26ClNOSi. The van der Waals surface area contributed by atoms with E-state index in [9.17, 15) is 0 Å². The van der Waals surface area contributed by atoms with Gasteiger partial charge in [0, 0.05) is 5.56 Å². The highest BCUT2D eigenvalue weighted by atomic mass is 35.5. The fraction of sp³-hybridized carbons (Fsp3) is 0.500. The van der Waals surface area contributed by atoms with Crippen LogP contribution in [0.25, 0.3) is 0 Å². The van der Waals surface area contributed by atoms with E-state index in [1.807, 2.05) is 30.3 Å². The minimum atomic E-state index is -1.72. The Hall–Kier alpha value is -0.793. The monoisotopic (exact) mass is 311 g/mol. The molecule has 1 rings (SSSR count). The molecule has 0 saturated carbocycles. The van der Waals surface area contributed by atoms with E-state index >= 15 is 0 Å². The van der Waals surface area contributed by atoms with Crippen molar-refractivity contribution in [3.05, 3.63) is 35.9 Å². The van der Waals surface area contributed by atoms with Crippen molar-refractivity contribution in [2.75, 3.05) is 6.61 Å². The maximum Gasteiger partial charge on any atom is 0.192 e. The Balaban J connectivity index is 0.00000361. The van der Waals surface area contributed by atoms with Crippen LogP contribution in [0.3, 0.4) is 0 Å². The fourth-order valence-corrected chi connectivity index (χ4v) is 2.28. The molecule has 0 aliphatic heterocycles. The first kappa shape index (κ1) is 19.2. The van der Waals surface area contributed by atoms with Gasteiger partial charge in [-0.3, -0.25) is 0 Å². The van der Waals surface area contributed by atoms with E-state index in [2.05, 4.69) is 45.7 Å². The number of hydrogen-bond donors (Lipinski definition) is 1. The molecule has 0 aromatic heterocycles. The molecule has 1 aromatic carbocycles. The minimum Gasteiger partial charge on any atom is -0.414 e. The molecule has 0 unspecified atom stereocenters. The third-order valence-corrected chi connectivity index (χ3v) is 8.11. The predicted octanol–water partition coefficient (Wildman–Crippen LogP) is 3.81. The molecule has 0 spiro atoms. The van der Waals surface area contributed by atoms with Crippen molar-refractivity contribution in [2.24, 2.45) is 5.73 Å². The molecule has 0 saturated heterocycles. The topological polar surface area (TPSA) is 35.2 Å². The first-order valence-corrected chi connectivity index (χ1v) is 9.59. The third kappa shape index (κ3) is 6.11. The Morgan fingerprint density at radius 1 is 1.20 bits per heavy atom. The normalized spacial score (nSPS) is 12.9. The van der Waals surface area contributed by atoms with Gasteiger partial charge in [-0.1, -0.05) is 50.8 Å². The van der Waals surface area contributed by atoms with E-state index in [-0.39, 0.29) is 23.5 Å². The van der Waals surface area contributed by atoms with Crippen LogP contribution in [-0.2, 0) is 4.43 Å². The van der Waals surface area contributed by atoms with Crippen LogP contribution in [0.1, 0.15) is 26.3 Å². The zero-order chi connectivity index (χ0) is 14.5. The molecule has 1 aromatic rings. The summed E-state index contributed by atoms with van der Waals surface area (Å²) in [5.41, 5.74) is 6.99. The summed E-state index contributed by atoms with van der Waals surface area (Å²) >= 11 is 0. The Labute approximate surface area is 130 Å². The second kappa shape index (κ2) is 7.85. The molecule has 0 aliphatic carbocycles. The van der Waals surface area contributed by atoms with Crippen LogP contribution in [0, 0.1) is 11.8 Å². The fourth-order valence-electron chi connectivity index (χ4n) is 1.25. The van der Waals surface area contributed by atoms with Crippen LogP contribution >= 0.6 is 12.4 Å². The highest BCUT2D eigenvalue weighted by Crippen LogP contribution is 2.36. The van der Waals surface area contributed by atoms with E-state index in [0.717, 1.165) is 5.56 Å². The van der Waals surface area contributed by atoms with Crippen LogP contribution in [0.15, 0.2) is 30.3 Å². The van der Waals surface area contributed by atoms with Crippen molar-refractivity contribution < 1.29 is 4.43 Å². The van der Waals surface area contributed by atoms with Gasteiger partial charge in [-0.25, -0.2) is 0 Å². The molecule has 0 aliphatic rings. The van der Waals surface area contributed by atoms with Gasteiger partial charge in [-0.2, -0.15) is 0 Å². The first-order chi connectivity index (χ1) is 8.72. The molecule has 0 bridgehead atoms. The summed E-state index contributed by atoms with van der Waals surface area (Å²) in [6.45, 7) is 11.6. The SMILES string of the molecule is CC(C)(C)[Si](C)(C)OC[C@@H](N)C#Cc1ccccc1.Cl. The smallest absolute Gasteiger partial charge is 0.192 e. The van der Waals surface area contributed by atoms with Gasteiger partial charge in [-0.05, 0) is 30.3 Å². The molecule has 0 radical (unpaired) electrons. The van der Waals surface area contributed by atoms with Gasteiger partial charge in [0.1, 0.15) is 0 Å². The highest BCUT2D eigenvalue weighted by Gasteiger charge is 2.37. The van der Waals surface area contributed by atoms with Crippen LogP contribution in [0.5, 0.6) is 0 Å². The number of hydrogen-bond acceptors (Lipinski definition) is 2. The van der Waals surface area contributed by atoms with Gasteiger partial charge in [0.15, 0.2) is 8.32 Å². The van der Waals surface area contributed by atoms with Crippen molar-refractivity contribution in [3.8, 4) is 11.8 Å². The number of benzene rings is 1. The third-order valence-electron chi connectivity index (χ3n) is 3.61. The summed E-state index contributed by atoms with van der Waals surface area (Å²) in [5, 5.41) is 0.208. The average molecular weight is 312 g/mol. The van der Waals surface area contributed by atoms with Crippen molar-refractivity contribution >= 4 is 20.7 Å². The van der Waals surface area contributed by atoms with Gasteiger partial charge in [-0.15, -0.1) is 12.4 Å². The zero-order valence-electron chi connectivity index (χ0n) is 13.1. The largest absolute Gasteiger partial charge is 0.414 e. The van der Waals surface area contributed by atoms with Crippen LogP contribution in [-0.4, -0.2) is 21.0 Å². The highest BCUT2D eigenvalue weighted by molar-refractivity contribution is 6.74. The van der Waals surface area contributed by atoms with Crippen molar-refractivity contribution in [1.29, 1.82) is 0 Å². The Kier molecular flexibility index (Phi) is 7.54. The lowest BCUT2D eigenvalue weighted by Crippen LogP contribution is -2.43. The van der Waals surface area contributed by atoms with Gasteiger partial charge >= 0.3 is 0 Å². The molecule has 20 heavy (non-hydrogen) atoms. The van der Waals surface area contributed by atoms with E-state index in [0.29, 0.717) is 6.61 Å². The average Bonchev–Trinajstić information content (AvgIpc) is 2.34.